The molecule has 2 aromatic heterocycles. The summed E-state index contributed by atoms with van der Waals surface area (Å²) in [4.78, 5) is 289. The van der Waals surface area contributed by atoms with Gasteiger partial charge in [0, 0.05) is 118 Å². The molecule has 4 bridgehead atoms. The number of phenolic OH excluding ortho intramolecular Hbond substituents is 1. The molecule has 3 saturated heterocycles. The molecule has 15 atom stereocenters. The molecule has 3 fully saturated rings. The third kappa shape index (κ3) is 31.1. The Kier molecular flexibility index (Phi) is 40.6. The molecule has 3 aromatic carbocycles. The number of carbonyl (C=O) groups excluding carboxylic acids is 19. The number of nitrogens with two attached hydrogens (primary N) is 2. The second-order valence-corrected chi connectivity index (χ2v) is 41.0. The molecule has 764 valence electrons. The van der Waals surface area contributed by atoms with Gasteiger partial charge in [0.05, 0.1) is 24.8 Å². The first kappa shape index (κ1) is 111. The second kappa shape index (κ2) is 51.3. The number of aromatic hydroxyl groups is 1. The number of unbranched alkanes of at least 4 members (excludes halogenated alkanes) is 2. The van der Waals surface area contributed by atoms with Gasteiger partial charge in [-0.05, 0) is 105 Å². The fourth-order valence-corrected chi connectivity index (χ4v) is 19.1. The summed E-state index contributed by atoms with van der Waals surface area (Å²) < 4.78 is 1.00. The predicted molar refractivity (Wildman–Crippen MR) is 523 cm³/mol. The maximum absolute atomic E-state index is 16.0. The van der Waals surface area contributed by atoms with Crippen LogP contribution < -0.4 is 75.3 Å². The van der Waals surface area contributed by atoms with Crippen LogP contribution >= 0.6 is 23.5 Å². The molecule has 19 amide bonds. The predicted octanol–water partition coefficient (Wildman–Crippen LogP) is 0.130. The Bertz CT molecular complexity index is 5330. The molecule has 0 spiro atoms. The van der Waals surface area contributed by atoms with Gasteiger partial charge in [-0.25, -0.2) is 0 Å². The molecule has 42 nitrogen and oxygen atoms in total. The van der Waals surface area contributed by atoms with E-state index in [1.165, 1.54) is 62.1 Å². The average Bonchev–Trinajstić information content (AvgIpc) is 1.60. The topological polar surface area (TPSA) is 598 Å². The SMILES string of the molecule is CCCC[C@H]1C(=O)N(C)[C@@H](CCCC)C(=O)N[C@@H](CC(C)C)C(=O)N[C@H](C(=O)NCC(N)=O)CSCC(=O)N[C@@H](Cc2ccc(O)cc2)C(=O)N(C)[C@@H](C)C(=O)N[C@@H](CC(N)=O)C(=O)N2CCC[C@H]2C(=O)N[C@@H](CNC(=O)SC(C)(C)C)C(=O)N[C@@H](CC(C)C)C(=O)N2C[C@H](O)C[C@H]2C(=O)N[C@@H](Cc2c[nH]c3ccccc23)C(=O)N[C@H]2CCNC(=O)Cn3cc(c4ccccc43)C[C@H](NC2=O)C(=O)N1C. The third-order valence-electron chi connectivity index (χ3n) is 25.0. The van der Waals surface area contributed by atoms with E-state index in [0.717, 1.165) is 38.2 Å². The van der Waals surface area contributed by atoms with Gasteiger partial charge in [0.2, 0.25) is 106 Å². The summed E-state index contributed by atoms with van der Waals surface area (Å²) in [7, 11) is 3.99. The number of aromatic nitrogens is 2. The standard InChI is InChI=1S/C96H137N21O21S2/c1-14-16-26-73-87(130)105-64(37-52(3)4)84(127)111-71(82(125)101-46-78(98)121)50-139-51-80(123)103-67(39-55-30-32-58(118)33-31-55)90(133)112(11)54(7)81(124)107-69(43-77(97)120)92(135)116-36-22-29-74(116)88(131)110-70(45-102-95(138)140-96(8,9)10)86(129)108-66(38-53(5)6)93(136)117-48-59(119)42-76(117)89(132)106-65(40-56-44-100-62-25-20-18-23-60(56)62)85(128)104-63-34-35-99-79(122)49-115-47-57(61-24-19-21-28-72(61)115)41-68(109-83(63)126)91(134)114(13)75(27-17-15-2)94(137)113(73)12/h18-21,23-25,28,30-33,44,47,52-54,59,63-71,73-76,100,118-119H,14-17,22,26-27,29,34-43,45-46,48-51H2,1-13H3,(H2,97,120)(H2,98,121)(H,99,122)(H,101,125)(H,102,138)(H,103,123)(H,104,128)(H,105,130)(H,106,132)(H,107,124)(H,108,129)(H,109,126)(H,110,131)(H,111,127)/t54-,59+,63-,64-,65-,66-,67-,68-,69-,70-,71-,73-,74-,75-,76-/m0/s1. The summed E-state index contributed by atoms with van der Waals surface area (Å²) in [6, 6.07) is -2.01. The van der Waals surface area contributed by atoms with Crippen LogP contribution in [0.15, 0.2) is 85.2 Å². The van der Waals surface area contributed by atoms with Crippen molar-refractivity contribution in [2.45, 2.75) is 274 Å². The normalized spacial score (nSPS) is 25.1. The molecule has 0 aliphatic carbocycles. The van der Waals surface area contributed by atoms with E-state index in [1.807, 2.05) is 13.8 Å². The maximum atomic E-state index is 16.0. The zero-order valence-electron chi connectivity index (χ0n) is 81.7. The fraction of sp³-hybridized carbons (Fsp3) is 0.573. The maximum Gasteiger partial charge on any atom is 0.279 e. The Morgan fingerprint density at radius 2 is 1.16 bits per heavy atom. The first-order chi connectivity index (χ1) is 66.2. The number of amides is 19. The largest absolute Gasteiger partial charge is 0.508 e. The van der Waals surface area contributed by atoms with Gasteiger partial charge in [0.1, 0.15) is 96.9 Å². The number of fused-ring (bicyclic) bond motifs is 11. The molecule has 4 aliphatic heterocycles. The lowest BCUT2D eigenvalue weighted by Crippen LogP contribution is -2.62. The summed E-state index contributed by atoms with van der Waals surface area (Å²) in [6.07, 6.45) is 1.13. The lowest BCUT2D eigenvalue weighted by molar-refractivity contribution is -0.149. The molecule has 140 heavy (non-hydrogen) atoms. The summed E-state index contributed by atoms with van der Waals surface area (Å²) in [5.41, 5.74) is 13.8. The Morgan fingerprint density at radius 1 is 0.571 bits per heavy atom. The molecular weight excluding hydrogens is 1850 g/mol. The highest BCUT2D eigenvalue weighted by Gasteiger charge is 2.47. The number of nitrogens with zero attached hydrogens (tertiary/aromatic N) is 6. The van der Waals surface area contributed by atoms with E-state index in [1.54, 1.807) is 114 Å². The van der Waals surface area contributed by atoms with E-state index in [2.05, 4.69) is 68.8 Å². The molecule has 0 unspecified atom stereocenters. The summed E-state index contributed by atoms with van der Waals surface area (Å²) in [5.74, 6) is -18.2. The van der Waals surface area contributed by atoms with Gasteiger partial charge in [-0.1, -0.05) is 148 Å². The number of phenols is 1. The van der Waals surface area contributed by atoms with Gasteiger partial charge >= 0.3 is 0 Å². The molecule has 5 aromatic rings. The molecule has 4 aliphatic rings. The minimum absolute atomic E-state index is 0.0145. The number of rotatable bonds is 21. The smallest absolute Gasteiger partial charge is 0.279 e. The highest BCUT2D eigenvalue weighted by Crippen LogP contribution is 2.30. The number of H-pyrrole nitrogens is 1. The molecule has 0 saturated carbocycles. The zero-order chi connectivity index (χ0) is 103. The van der Waals surface area contributed by atoms with Crippen LogP contribution in [0.1, 0.15) is 169 Å². The van der Waals surface area contributed by atoms with Gasteiger partial charge in [-0.3, -0.25) is 91.1 Å². The quantitative estimate of drug-likeness (QED) is 0.0464. The number of aliphatic hydroxyl groups excluding tert-OH is 1. The number of para-hydroxylation sites is 2. The van der Waals surface area contributed by atoms with Gasteiger partial charge in [0.15, 0.2) is 0 Å². The van der Waals surface area contributed by atoms with Crippen molar-refractivity contribution in [2.24, 2.45) is 23.3 Å². The van der Waals surface area contributed by atoms with Crippen LogP contribution in [-0.2, 0) is 112 Å². The number of benzene rings is 3. The molecular formula is C96H137N21O21S2. The highest BCUT2D eigenvalue weighted by atomic mass is 32.2. The summed E-state index contributed by atoms with van der Waals surface area (Å²) >= 11 is 1.65. The van der Waals surface area contributed by atoms with Crippen LogP contribution in [0.2, 0.25) is 0 Å². The van der Waals surface area contributed by atoms with Crippen LogP contribution in [0.25, 0.3) is 21.8 Å². The number of thioether (sulfide) groups is 2. The second-order valence-electron chi connectivity index (χ2n) is 38.1. The number of carbonyl (C=O) groups is 19. The zero-order valence-corrected chi connectivity index (χ0v) is 83.3. The van der Waals surface area contributed by atoms with Crippen molar-refractivity contribution in [2.75, 3.05) is 65.4 Å². The Morgan fingerprint density at radius 3 is 1.83 bits per heavy atom. The van der Waals surface area contributed by atoms with Gasteiger partial charge in [-0.15, -0.1) is 11.8 Å². The molecule has 0 radical (unpaired) electrons. The van der Waals surface area contributed by atoms with Crippen molar-refractivity contribution in [3.8, 4) is 5.75 Å². The van der Waals surface area contributed by atoms with Gasteiger partial charge in [-0.2, -0.15) is 0 Å². The van der Waals surface area contributed by atoms with Crippen LogP contribution in [0.5, 0.6) is 5.75 Å². The number of aliphatic hydroxyl groups is 1. The molecule has 19 N–H and O–H groups in total. The first-order valence-corrected chi connectivity index (χ1v) is 49.6. The van der Waals surface area contributed by atoms with E-state index in [4.69, 9.17) is 11.5 Å². The number of primary amides is 2. The van der Waals surface area contributed by atoms with E-state index in [-0.39, 0.29) is 95.5 Å². The van der Waals surface area contributed by atoms with Crippen LogP contribution in [0, 0.1) is 11.8 Å². The van der Waals surface area contributed by atoms with E-state index in [9.17, 15) is 58.2 Å². The summed E-state index contributed by atoms with van der Waals surface area (Å²) in [5, 5.41) is 54.9. The lowest BCUT2D eigenvalue weighted by Gasteiger charge is -2.36. The highest BCUT2D eigenvalue weighted by molar-refractivity contribution is 8.14. The van der Waals surface area contributed by atoms with Gasteiger partial charge < -0.3 is 120 Å². The molecule has 9 rings (SSSR count). The Balaban J connectivity index is 1.13. The van der Waals surface area contributed by atoms with Crippen LogP contribution in [0.4, 0.5) is 4.79 Å². The molecule has 6 heterocycles. The van der Waals surface area contributed by atoms with Crippen molar-refractivity contribution < 1.29 is 101 Å². The Labute approximate surface area is 822 Å². The van der Waals surface area contributed by atoms with E-state index < -0.39 is 257 Å². The number of hydrogen-bond donors (Lipinski definition) is 17. The van der Waals surface area contributed by atoms with Crippen molar-refractivity contribution in [1.29, 1.82) is 0 Å². The Hall–Kier alpha value is -12.9. The minimum Gasteiger partial charge on any atom is -0.508 e. The van der Waals surface area contributed by atoms with Crippen LogP contribution in [0.3, 0.4) is 0 Å². The molecule has 44 heteroatoms. The average molecular weight is 1990 g/mol. The fourth-order valence-electron chi connectivity index (χ4n) is 17.5. The van der Waals surface area contributed by atoms with Crippen molar-refractivity contribution in [1.82, 2.24) is 97.9 Å². The summed E-state index contributed by atoms with van der Waals surface area (Å²) in [6.45, 7) is 14.8. The van der Waals surface area contributed by atoms with Crippen molar-refractivity contribution >= 4 is 157 Å². The minimum atomic E-state index is -1.81. The van der Waals surface area contributed by atoms with Crippen molar-refractivity contribution in [3.05, 3.63) is 102 Å². The van der Waals surface area contributed by atoms with Crippen LogP contribution in [-0.4, -0.2) is 317 Å². The van der Waals surface area contributed by atoms with E-state index in [0.29, 0.717) is 64.2 Å². The first-order valence-electron chi connectivity index (χ1n) is 47.6. The monoisotopic (exact) mass is 1980 g/mol. The number of likely N-dealkylation sites (N-methyl/N-ethyl adjacent to an activating group) is 3. The van der Waals surface area contributed by atoms with Crippen molar-refractivity contribution in [3.63, 3.8) is 0 Å². The number of nitrogens with one attached hydrogen (secondary N) is 13. The van der Waals surface area contributed by atoms with E-state index >= 15 is 43.2 Å². The lowest BCUT2D eigenvalue weighted by atomic mass is 9.99. The number of hydrogen-bond acceptors (Lipinski definition) is 23. The number of aromatic amines is 1. The van der Waals surface area contributed by atoms with Gasteiger partial charge in [0.25, 0.3) is 5.24 Å². The third-order valence-corrected chi connectivity index (χ3v) is 27.0.